The summed E-state index contributed by atoms with van der Waals surface area (Å²) in [5.74, 6) is 0. The summed E-state index contributed by atoms with van der Waals surface area (Å²) >= 11 is 12.0. The van der Waals surface area contributed by atoms with Crippen LogP contribution in [0.5, 0.6) is 0 Å². The minimum absolute atomic E-state index is 0.0816. The number of hydrogen-bond donors (Lipinski definition) is 1. The number of ether oxygens (including phenoxy) is 1. The van der Waals surface area contributed by atoms with E-state index in [-0.39, 0.29) is 11.6 Å². The molecule has 1 unspecified atom stereocenters. The van der Waals surface area contributed by atoms with Crippen molar-refractivity contribution in [2.24, 2.45) is 5.73 Å². The van der Waals surface area contributed by atoms with Crippen molar-refractivity contribution < 1.29 is 4.74 Å². The third-order valence-corrected chi connectivity index (χ3v) is 3.75. The molecule has 0 saturated carbocycles. The van der Waals surface area contributed by atoms with Crippen LogP contribution >= 0.6 is 23.2 Å². The highest BCUT2D eigenvalue weighted by Crippen LogP contribution is 2.23. The van der Waals surface area contributed by atoms with Crippen LogP contribution < -0.4 is 5.73 Å². The summed E-state index contributed by atoms with van der Waals surface area (Å²) in [7, 11) is 1.72. The van der Waals surface area contributed by atoms with Crippen LogP contribution in [0.3, 0.4) is 0 Å². The van der Waals surface area contributed by atoms with E-state index in [1.54, 1.807) is 13.2 Å². The molecule has 2 nitrogen and oxygen atoms in total. The van der Waals surface area contributed by atoms with Crippen LogP contribution in [0, 0.1) is 0 Å². The lowest BCUT2D eigenvalue weighted by atomic mass is 9.96. The predicted molar refractivity (Wildman–Crippen MR) is 78.5 cm³/mol. The van der Waals surface area contributed by atoms with Crippen molar-refractivity contribution in [1.29, 1.82) is 0 Å². The molecular formula is C14H21Cl2NO. The molecule has 0 aliphatic heterocycles. The van der Waals surface area contributed by atoms with Gasteiger partial charge in [-0.05, 0) is 50.8 Å². The van der Waals surface area contributed by atoms with Crippen molar-refractivity contribution in [2.45, 2.75) is 44.8 Å². The molecular weight excluding hydrogens is 269 g/mol. The fourth-order valence-corrected chi connectivity index (χ4v) is 2.19. The molecule has 1 rings (SSSR count). The van der Waals surface area contributed by atoms with Gasteiger partial charge in [-0.15, -0.1) is 0 Å². The van der Waals surface area contributed by atoms with Gasteiger partial charge in [-0.1, -0.05) is 29.3 Å². The molecule has 0 aromatic heterocycles. The van der Waals surface area contributed by atoms with Crippen LogP contribution in [0.2, 0.25) is 10.0 Å². The topological polar surface area (TPSA) is 35.2 Å². The Bertz CT molecular complexity index is 393. The highest BCUT2D eigenvalue weighted by molar-refractivity contribution is 6.35. The average Bonchev–Trinajstić information content (AvgIpc) is 2.30. The van der Waals surface area contributed by atoms with E-state index in [1.165, 1.54) is 0 Å². The smallest absolute Gasteiger partial charge is 0.0623 e. The van der Waals surface area contributed by atoms with Gasteiger partial charge in [0.15, 0.2) is 0 Å². The highest BCUT2D eigenvalue weighted by atomic mass is 35.5. The Balaban J connectivity index is 2.52. The molecule has 4 heteroatoms. The number of halogens is 2. The van der Waals surface area contributed by atoms with Crippen LogP contribution in [0.4, 0.5) is 0 Å². The summed E-state index contributed by atoms with van der Waals surface area (Å²) < 4.78 is 5.38. The monoisotopic (exact) mass is 289 g/mol. The van der Waals surface area contributed by atoms with Crippen LogP contribution in [0.15, 0.2) is 18.2 Å². The van der Waals surface area contributed by atoms with Gasteiger partial charge in [-0.2, -0.15) is 0 Å². The molecule has 1 aromatic rings. The predicted octanol–water partition coefficient (Wildman–Crippen LogP) is 4.07. The largest absolute Gasteiger partial charge is 0.379 e. The molecule has 0 fully saturated rings. The zero-order valence-electron chi connectivity index (χ0n) is 11.2. The lowest BCUT2D eigenvalue weighted by Crippen LogP contribution is -2.29. The first-order valence-electron chi connectivity index (χ1n) is 6.09. The minimum atomic E-state index is -0.124. The van der Waals surface area contributed by atoms with Gasteiger partial charge in [-0.3, -0.25) is 0 Å². The molecule has 0 heterocycles. The van der Waals surface area contributed by atoms with Crippen LogP contribution in [0.1, 0.15) is 32.3 Å². The molecule has 1 atom stereocenters. The third kappa shape index (κ3) is 5.15. The van der Waals surface area contributed by atoms with E-state index >= 15 is 0 Å². The standard InChI is InChI=1S/C14H21Cl2NO/c1-14(2,18-3)7-6-12(17)8-10-4-5-11(15)9-13(10)16/h4-5,9,12H,6-8,17H2,1-3H3. The van der Waals surface area contributed by atoms with Gasteiger partial charge < -0.3 is 10.5 Å². The molecule has 0 saturated heterocycles. The normalized spacial score (nSPS) is 13.7. The summed E-state index contributed by atoms with van der Waals surface area (Å²) in [6.45, 7) is 4.13. The molecule has 0 aliphatic rings. The molecule has 0 aliphatic carbocycles. The van der Waals surface area contributed by atoms with Gasteiger partial charge in [-0.25, -0.2) is 0 Å². The number of methoxy groups -OCH3 is 1. The number of benzene rings is 1. The zero-order valence-corrected chi connectivity index (χ0v) is 12.7. The lowest BCUT2D eigenvalue weighted by Gasteiger charge is -2.24. The molecule has 102 valence electrons. The summed E-state index contributed by atoms with van der Waals surface area (Å²) in [6, 6.07) is 5.61. The van der Waals surface area contributed by atoms with E-state index in [4.69, 9.17) is 33.7 Å². The van der Waals surface area contributed by atoms with E-state index < -0.39 is 0 Å². The van der Waals surface area contributed by atoms with Gasteiger partial charge in [0.25, 0.3) is 0 Å². The summed E-state index contributed by atoms with van der Waals surface area (Å²) in [6.07, 6.45) is 2.59. The molecule has 0 spiro atoms. The summed E-state index contributed by atoms with van der Waals surface area (Å²) in [5, 5.41) is 1.33. The first-order chi connectivity index (χ1) is 8.34. The summed E-state index contributed by atoms with van der Waals surface area (Å²) in [5.41, 5.74) is 7.05. The Labute approximate surface area is 119 Å². The van der Waals surface area contributed by atoms with Gasteiger partial charge in [0.05, 0.1) is 5.60 Å². The molecule has 0 radical (unpaired) electrons. The van der Waals surface area contributed by atoms with Crippen molar-refractivity contribution in [1.82, 2.24) is 0 Å². The molecule has 0 bridgehead atoms. The number of rotatable bonds is 6. The zero-order chi connectivity index (χ0) is 13.8. The fraction of sp³-hybridized carbons (Fsp3) is 0.571. The Morgan fingerprint density at radius 1 is 1.33 bits per heavy atom. The van der Waals surface area contributed by atoms with E-state index in [2.05, 4.69) is 13.8 Å². The minimum Gasteiger partial charge on any atom is -0.379 e. The maximum atomic E-state index is 6.13. The van der Waals surface area contributed by atoms with E-state index in [0.29, 0.717) is 10.0 Å². The Morgan fingerprint density at radius 3 is 2.56 bits per heavy atom. The maximum absolute atomic E-state index is 6.13. The Kier molecular flexibility index (Phi) is 5.93. The second kappa shape index (κ2) is 6.76. The van der Waals surface area contributed by atoms with Crippen molar-refractivity contribution in [3.63, 3.8) is 0 Å². The Hall–Kier alpha value is -0.280. The maximum Gasteiger partial charge on any atom is 0.0623 e. The molecule has 0 amide bonds. The average molecular weight is 290 g/mol. The summed E-state index contributed by atoms with van der Waals surface area (Å²) in [4.78, 5) is 0. The highest BCUT2D eigenvalue weighted by Gasteiger charge is 2.18. The molecule has 1 aromatic carbocycles. The van der Waals surface area contributed by atoms with Crippen molar-refractivity contribution >= 4 is 23.2 Å². The van der Waals surface area contributed by atoms with Crippen LogP contribution in [-0.4, -0.2) is 18.8 Å². The lowest BCUT2D eigenvalue weighted by molar-refractivity contribution is 0.0125. The van der Waals surface area contributed by atoms with Crippen LogP contribution in [0.25, 0.3) is 0 Å². The second-order valence-corrected chi connectivity index (χ2v) is 6.05. The van der Waals surface area contributed by atoms with Crippen molar-refractivity contribution in [3.8, 4) is 0 Å². The molecule has 2 N–H and O–H groups in total. The van der Waals surface area contributed by atoms with Gasteiger partial charge in [0.2, 0.25) is 0 Å². The van der Waals surface area contributed by atoms with Gasteiger partial charge in [0, 0.05) is 23.2 Å². The third-order valence-electron chi connectivity index (χ3n) is 3.17. The van der Waals surface area contributed by atoms with E-state index in [1.807, 2.05) is 12.1 Å². The quantitative estimate of drug-likeness (QED) is 0.857. The second-order valence-electron chi connectivity index (χ2n) is 5.20. The first-order valence-corrected chi connectivity index (χ1v) is 6.84. The number of hydrogen-bond acceptors (Lipinski definition) is 2. The first kappa shape index (κ1) is 15.8. The fourth-order valence-electron chi connectivity index (χ4n) is 1.71. The van der Waals surface area contributed by atoms with Crippen LogP contribution in [-0.2, 0) is 11.2 Å². The van der Waals surface area contributed by atoms with E-state index in [0.717, 1.165) is 24.8 Å². The SMILES string of the molecule is COC(C)(C)CCC(N)Cc1ccc(Cl)cc1Cl. The molecule has 18 heavy (non-hydrogen) atoms. The van der Waals surface area contributed by atoms with E-state index in [9.17, 15) is 0 Å². The van der Waals surface area contributed by atoms with Gasteiger partial charge in [0.1, 0.15) is 0 Å². The van der Waals surface area contributed by atoms with Gasteiger partial charge >= 0.3 is 0 Å². The van der Waals surface area contributed by atoms with Crippen molar-refractivity contribution in [3.05, 3.63) is 33.8 Å². The number of nitrogens with two attached hydrogens (primary N) is 1. The van der Waals surface area contributed by atoms with Crippen molar-refractivity contribution in [2.75, 3.05) is 7.11 Å². The Morgan fingerprint density at radius 2 is 2.00 bits per heavy atom.